The molecule has 0 amide bonds. The van der Waals surface area contributed by atoms with Crippen molar-refractivity contribution in [1.82, 2.24) is 9.97 Å². The van der Waals surface area contributed by atoms with Gasteiger partial charge in [-0.25, -0.2) is 9.97 Å². The molecular weight excluding hydrogens is 150 g/mol. The zero-order valence-electron chi connectivity index (χ0n) is 5.85. The third-order valence-corrected chi connectivity index (χ3v) is 1.36. The van der Waals surface area contributed by atoms with Crippen molar-refractivity contribution in [2.75, 3.05) is 12.4 Å². The second-order valence-corrected chi connectivity index (χ2v) is 2.26. The molecule has 4 heteroatoms. The lowest BCUT2D eigenvalue weighted by Gasteiger charge is -2.01. The van der Waals surface area contributed by atoms with Crippen LogP contribution in [-0.2, 0) is 0 Å². The number of anilines is 1. The van der Waals surface area contributed by atoms with E-state index in [-0.39, 0.29) is 5.28 Å². The van der Waals surface area contributed by atoms with Crippen LogP contribution >= 0.6 is 11.6 Å². The summed E-state index contributed by atoms with van der Waals surface area (Å²) in [4.78, 5) is 7.74. The fraction of sp³-hybridized carbons (Fsp3) is 0.333. The van der Waals surface area contributed by atoms with Crippen molar-refractivity contribution < 1.29 is 0 Å². The zero-order valence-corrected chi connectivity index (χ0v) is 6.61. The van der Waals surface area contributed by atoms with E-state index in [2.05, 4.69) is 15.3 Å². The highest BCUT2D eigenvalue weighted by Gasteiger charge is 1.97. The van der Waals surface area contributed by atoms with Crippen molar-refractivity contribution in [3.8, 4) is 0 Å². The molecule has 0 atom stereocenters. The predicted octanol–water partition coefficient (Wildman–Crippen LogP) is 1.48. The van der Waals surface area contributed by atoms with Crippen LogP contribution in [-0.4, -0.2) is 17.0 Å². The zero-order chi connectivity index (χ0) is 7.56. The second kappa shape index (κ2) is 2.84. The summed E-state index contributed by atoms with van der Waals surface area (Å²) < 4.78 is 0. The summed E-state index contributed by atoms with van der Waals surface area (Å²) in [5.74, 6) is 0.778. The van der Waals surface area contributed by atoms with E-state index >= 15 is 0 Å². The first-order chi connectivity index (χ1) is 4.74. The van der Waals surface area contributed by atoms with Crippen LogP contribution in [0.15, 0.2) is 6.20 Å². The Balaban J connectivity index is 3.09. The molecule has 1 rings (SSSR count). The fourth-order valence-corrected chi connectivity index (χ4v) is 0.807. The first-order valence-electron chi connectivity index (χ1n) is 2.91. The third-order valence-electron chi connectivity index (χ3n) is 1.18. The van der Waals surface area contributed by atoms with Crippen molar-refractivity contribution in [2.45, 2.75) is 6.92 Å². The molecule has 0 unspecified atom stereocenters. The molecule has 0 aromatic carbocycles. The van der Waals surface area contributed by atoms with Gasteiger partial charge in [0.1, 0.15) is 5.82 Å². The lowest BCUT2D eigenvalue weighted by molar-refractivity contribution is 1.12. The summed E-state index contributed by atoms with van der Waals surface area (Å²) in [5, 5.41) is 3.17. The molecule has 1 aromatic rings. The summed E-state index contributed by atoms with van der Waals surface area (Å²) >= 11 is 5.53. The highest BCUT2D eigenvalue weighted by Crippen LogP contribution is 2.10. The minimum Gasteiger partial charge on any atom is -0.373 e. The van der Waals surface area contributed by atoms with E-state index in [1.165, 1.54) is 0 Å². The maximum absolute atomic E-state index is 5.53. The van der Waals surface area contributed by atoms with Crippen molar-refractivity contribution in [1.29, 1.82) is 0 Å². The summed E-state index contributed by atoms with van der Waals surface area (Å²) in [6.07, 6.45) is 1.68. The largest absolute Gasteiger partial charge is 0.373 e. The Bertz CT molecular complexity index is 236. The van der Waals surface area contributed by atoms with E-state index in [9.17, 15) is 0 Å². The number of aromatic nitrogens is 2. The van der Waals surface area contributed by atoms with Gasteiger partial charge in [0, 0.05) is 18.8 Å². The molecule has 54 valence electrons. The summed E-state index contributed by atoms with van der Waals surface area (Å²) in [7, 11) is 1.80. The fourth-order valence-electron chi connectivity index (χ4n) is 0.674. The predicted molar refractivity (Wildman–Crippen MR) is 41.3 cm³/mol. The van der Waals surface area contributed by atoms with Gasteiger partial charge in [0.05, 0.1) is 0 Å². The quantitative estimate of drug-likeness (QED) is 0.628. The van der Waals surface area contributed by atoms with Crippen LogP contribution in [0.1, 0.15) is 5.56 Å². The monoisotopic (exact) mass is 157 g/mol. The molecule has 0 aliphatic heterocycles. The number of halogens is 1. The standard InChI is InChI=1S/C6H8ClN3/c1-4-3-9-6(7)10-5(4)8-2/h3H,1-2H3,(H,8,9,10). The van der Waals surface area contributed by atoms with Gasteiger partial charge in [-0.1, -0.05) is 0 Å². The van der Waals surface area contributed by atoms with E-state index in [0.717, 1.165) is 11.4 Å². The van der Waals surface area contributed by atoms with Crippen LogP contribution < -0.4 is 5.32 Å². The average molecular weight is 158 g/mol. The lowest BCUT2D eigenvalue weighted by Crippen LogP contribution is -1.96. The number of nitrogens with one attached hydrogen (secondary N) is 1. The van der Waals surface area contributed by atoms with Crippen molar-refractivity contribution in [2.24, 2.45) is 0 Å². The van der Waals surface area contributed by atoms with Gasteiger partial charge >= 0.3 is 0 Å². The minimum atomic E-state index is 0.273. The van der Waals surface area contributed by atoms with Crippen molar-refractivity contribution >= 4 is 17.4 Å². The molecule has 0 aliphatic rings. The Hall–Kier alpha value is -0.830. The van der Waals surface area contributed by atoms with Crippen LogP contribution in [0.25, 0.3) is 0 Å². The van der Waals surface area contributed by atoms with Crippen LogP contribution in [0.2, 0.25) is 5.28 Å². The Morgan fingerprint density at radius 1 is 1.60 bits per heavy atom. The number of nitrogens with zero attached hydrogens (tertiary/aromatic N) is 2. The molecule has 0 saturated heterocycles. The Morgan fingerprint density at radius 2 is 2.30 bits per heavy atom. The molecule has 1 aromatic heterocycles. The molecule has 0 radical (unpaired) electrons. The van der Waals surface area contributed by atoms with Gasteiger partial charge in [0.25, 0.3) is 0 Å². The average Bonchev–Trinajstić information content (AvgIpc) is 1.94. The number of hydrogen-bond acceptors (Lipinski definition) is 3. The van der Waals surface area contributed by atoms with Crippen LogP contribution in [0.5, 0.6) is 0 Å². The molecule has 0 fully saturated rings. The normalized spacial score (nSPS) is 9.50. The van der Waals surface area contributed by atoms with E-state index in [4.69, 9.17) is 11.6 Å². The van der Waals surface area contributed by atoms with Crippen LogP contribution in [0, 0.1) is 6.92 Å². The highest BCUT2D eigenvalue weighted by molar-refractivity contribution is 6.28. The van der Waals surface area contributed by atoms with Gasteiger partial charge in [0.2, 0.25) is 5.28 Å². The Labute approximate surface area is 64.5 Å². The molecule has 0 saturated carbocycles. The minimum absolute atomic E-state index is 0.273. The molecule has 1 N–H and O–H groups in total. The van der Waals surface area contributed by atoms with E-state index in [0.29, 0.717) is 0 Å². The van der Waals surface area contributed by atoms with Gasteiger partial charge < -0.3 is 5.32 Å². The van der Waals surface area contributed by atoms with Gasteiger partial charge in [-0.15, -0.1) is 0 Å². The SMILES string of the molecule is CNc1nc(Cl)ncc1C. The molecule has 0 spiro atoms. The Kier molecular flexibility index (Phi) is 2.06. The molecule has 0 bridgehead atoms. The van der Waals surface area contributed by atoms with E-state index in [1.54, 1.807) is 13.2 Å². The van der Waals surface area contributed by atoms with Gasteiger partial charge in [-0.05, 0) is 18.5 Å². The van der Waals surface area contributed by atoms with E-state index in [1.807, 2.05) is 6.92 Å². The Morgan fingerprint density at radius 3 is 2.80 bits per heavy atom. The maximum atomic E-state index is 5.53. The van der Waals surface area contributed by atoms with Crippen LogP contribution in [0.3, 0.4) is 0 Å². The van der Waals surface area contributed by atoms with Crippen molar-refractivity contribution in [3.05, 3.63) is 17.0 Å². The van der Waals surface area contributed by atoms with Crippen molar-refractivity contribution in [3.63, 3.8) is 0 Å². The summed E-state index contributed by atoms with van der Waals surface area (Å²) in [6.45, 7) is 1.92. The van der Waals surface area contributed by atoms with Crippen LogP contribution in [0.4, 0.5) is 5.82 Å². The second-order valence-electron chi connectivity index (χ2n) is 1.92. The first-order valence-corrected chi connectivity index (χ1v) is 3.28. The number of rotatable bonds is 1. The molecular formula is C6H8ClN3. The summed E-state index contributed by atoms with van der Waals surface area (Å²) in [5.41, 5.74) is 0.993. The topological polar surface area (TPSA) is 37.8 Å². The highest BCUT2D eigenvalue weighted by atomic mass is 35.5. The number of aryl methyl sites for hydroxylation is 1. The van der Waals surface area contributed by atoms with Gasteiger partial charge in [0.15, 0.2) is 0 Å². The molecule has 3 nitrogen and oxygen atoms in total. The lowest BCUT2D eigenvalue weighted by atomic mass is 10.3. The molecule has 1 heterocycles. The maximum Gasteiger partial charge on any atom is 0.224 e. The molecule has 0 aliphatic carbocycles. The number of hydrogen-bond donors (Lipinski definition) is 1. The molecule has 10 heavy (non-hydrogen) atoms. The summed E-state index contributed by atoms with van der Waals surface area (Å²) in [6, 6.07) is 0. The van der Waals surface area contributed by atoms with E-state index < -0.39 is 0 Å². The third kappa shape index (κ3) is 1.36. The first kappa shape index (κ1) is 7.28. The van der Waals surface area contributed by atoms with Gasteiger partial charge in [-0.3, -0.25) is 0 Å². The smallest absolute Gasteiger partial charge is 0.224 e. The van der Waals surface area contributed by atoms with Gasteiger partial charge in [-0.2, -0.15) is 0 Å².